The minimum atomic E-state index is -6.01. The number of nitrogens with one attached hydrogen (secondary N) is 1. The van der Waals surface area contributed by atoms with Crippen LogP contribution in [0, 0.1) is 0 Å². The molecule has 3 aromatic rings. The molecule has 3 rings (SSSR count). The van der Waals surface area contributed by atoms with Crippen LogP contribution in [0.25, 0.3) is 0 Å². The molecule has 0 saturated carbocycles. The number of rotatable bonds is 12. The summed E-state index contributed by atoms with van der Waals surface area (Å²) in [5.41, 5.74) is -6.63. The molecule has 0 saturated heterocycles. The van der Waals surface area contributed by atoms with Gasteiger partial charge in [0, 0.05) is 19.2 Å². The Morgan fingerprint density at radius 1 is 0.935 bits per heavy atom. The molecule has 0 fully saturated rings. The highest BCUT2D eigenvalue weighted by Gasteiger charge is 2.71. The largest absolute Gasteiger partial charge is 0.491 e. The van der Waals surface area contributed by atoms with Gasteiger partial charge >= 0.3 is 18.4 Å². The number of carbonyl (C=O) groups excluding carboxylic acids is 2. The average Bonchev–Trinajstić information content (AvgIpc) is 2.96. The molecular formula is C33H36F6N2O5. The zero-order chi connectivity index (χ0) is 34.5. The number of aryl methyl sites for hydroxylation is 1. The van der Waals surface area contributed by atoms with Gasteiger partial charge in [-0.15, -0.1) is 0 Å². The lowest BCUT2D eigenvalue weighted by Crippen LogP contribution is -2.53. The van der Waals surface area contributed by atoms with Gasteiger partial charge in [-0.2, -0.15) is 26.3 Å². The van der Waals surface area contributed by atoms with Gasteiger partial charge < -0.3 is 29.6 Å². The molecule has 13 heteroatoms. The highest BCUT2D eigenvalue weighted by atomic mass is 19.4. The molecule has 0 radical (unpaired) electrons. The predicted octanol–water partition coefficient (Wildman–Crippen LogP) is 7.79. The van der Waals surface area contributed by atoms with Crippen molar-refractivity contribution in [2.24, 2.45) is 0 Å². The van der Waals surface area contributed by atoms with E-state index >= 15 is 0 Å². The smallest absolute Gasteiger partial charge is 0.430 e. The first-order valence-corrected chi connectivity index (χ1v) is 14.4. The Kier molecular flexibility index (Phi) is 11.0. The third kappa shape index (κ3) is 8.11. The minimum Gasteiger partial charge on any atom is -0.491 e. The first-order valence-electron chi connectivity index (χ1n) is 14.4. The molecule has 0 aromatic heterocycles. The maximum atomic E-state index is 13.5. The Bertz CT molecular complexity index is 1490. The zero-order valence-corrected chi connectivity index (χ0v) is 25.9. The molecule has 2 amide bonds. The van der Waals surface area contributed by atoms with E-state index in [1.54, 1.807) is 56.3 Å². The van der Waals surface area contributed by atoms with E-state index in [0.717, 1.165) is 6.07 Å². The normalized spacial score (nSPS) is 13.6. The number of hydrogen-bond donors (Lipinski definition) is 2. The summed E-state index contributed by atoms with van der Waals surface area (Å²) in [6.07, 6.45) is -11.0. The van der Waals surface area contributed by atoms with Gasteiger partial charge in [-0.1, -0.05) is 43.7 Å². The molecule has 250 valence electrons. The Hall–Kier alpha value is -4.26. The van der Waals surface area contributed by atoms with E-state index in [0.29, 0.717) is 41.7 Å². The van der Waals surface area contributed by atoms with Crippen LogP contribution in [0.15, 0.2) is 66.7 Å². The number of benzene rings is 3. The lowest BCUT2D eigenvalue weighted by atomic mass is 9.90. The number of urea groups is 1. The topological polar surface area (TPSA) is 88.1 Å². The van der Waals surface area contributed by atoms with Crippen LogP contribution in [0.1, 0.15) is 56.4 Å². The van der Waals surface area contributed by atoms with Crippen molar-refractivity contribution in [2.45, 2.75) is 76.7 Å². The molecule has 0 aliphatic rings. The number of ether oxygens (including phenoxy) is 2. The number of aliphatic hydroxyl groups is 1. The number of carbonyl (C=O) groups is 2. The minimum absolute atomic E-state index is 0.00658. The maximum Gasteiger partial charge on any atom is 0.430 e. The van der Waals surface area contributed by atoms with Gasteiger partial charge in [0.1, 0.15) is 29.1 Å². The number of nitrogens with zero attached hydrogens (tertiary/aromatic N) is 1. The summed E-state index contributed by atoms with van der Waals surface area (Å²) in [5.74, 6) is 0.825. The number of hydrogen-bond acceptors (Lipinski definition) is 5. The predicted molar refractivity (Wildman–Crippen MR) is 159 cm³/mol. The monoisotopic (exact) mass is 654 g/mol. The lowest BCUT2D eigenvalue weighted by molar-refractivity contribution is -0.376. The summed E-state index contributed by atoms with van der Waals surface area (Å²) in [7, 11) is 1.51. The zero-order valence-electron chi connectivity index (χ0n) is 25.9. The van der Waals surface area contributed by atoms with E-state index in [9.17, 15) is 41.0 Å². The number of aldehydes is 1. The van der Waals surface area contributed by atoms with E-state index in [4.69, 9.17) is 9.47 Å². The van der Waals surface area contributed by atoms with Gasteiger partial charge in [0.05, 0.1) is 6.10 Å². The highest BCUT2D eigenvalue weighted by molar-refractivity contribution is 5.81. The average molecular weight is 655 g/mol. The van der Waals surface area contributed by atoms with Crippen molar-refractivity contribution in [3.8, 4) is 17.2 Å². The third-order valence-electron chi connectivity index (χ3n) is 7.14. The second-order valence-corrected chi connectivity index (χ2v) is 11.3. The Morgan fingerprint density at radius 3 is 2.09 bits per heavy atom. The molecule has 0 aliphatic carbocycles. The van der Waals surface area contributed by atoms with Crippen LogP contribution in [-0.4, -0.2) is 47.8 Å². The van der Waals surface area contributed by atoms with Gasteiger partial charge in [-0.3, -0.25) is 0 Å². The van der Waals surface area contributed by atoms with Crippen LogP contribution in [0.2, 0.25) is 0 Å². The fourth-order valence-corrected chi connectivity index (χ4v) is 4.68. The van der Waals surface area contributed by atoms with Gasteiger partial charge in [-0.25, -0.2) is 4.79 Å². The quantitative estimate of drug-likeness (QED) is 0.154. The van der Waals surface area contributed by atoms with Crippen LogP contribution in [0.4, 0.5) is 31.1 Å². The standard InChI is InChI=1S/C33H36F6N2O5/c1-6-8-23-18-25(31(44,32(34,35)36)33(37,38)39)13-16-28(23)46-27-10-7-9-22(17-27)19-41(5)29(43)40-30(4,20-42)24-11-14-26(15-12-24)45-21(2)3/h7,9-18,20-21,44H,6,8,19H2,1-5H3,(H,40,43). The maximum absolute atomic E-state index is 13.5. The summed E-state index contributed by atoms with van der Waals surface area (Å²) in [6, 6.07) is 14.7. The van der Waals surface area contributed by atoms with Gasteiger partial charge in [-0.05, 0) is 80.3 Å². The molecule has 3 aromatic carbocycles. The van der Waals surface area contributed by atoms with E-state index in [1.165, 1.54) is 18.0 Å². The summed E-state index contributed by atoms with van der Waals surface area (Å²) >= 11 is 0. The fourth-order valence-electron chi connectivity index (χ4n) is 4.68. The van der Waals surface area contributed by atoms with Crippen molar-refractivity contribution in [3.05, 3.63) is 89.0 Å². The van der Waals surface area contributed by atoms with Crippen molar-refractivity contribution >= 4 is 12.3 Å². The Balaban J connectivity index is 1.79. The Morgan fingerprint density at radius 2 is 1.54 bits per heavy atom. The molecule has 1 unspecified atom stereocenters. The summed E-state index contributed by atoms with van der Waals surface area (Å²) in [5, 5.41) is 12.6. The second-order valence-electron chi connectivity index (χ2n) is 11.3. The molecule has 7 nitrogen and oxygen atoms in total. The molecule has 2 N–H and O–H groups in total. The summed E-state index contributed by atoms with van der Waals surface area (Å²) < 4.78 is 92.2. The van der Waals surface area contributed by atoms with Crippen LogP contribution < -0.4 is 14.8 Å². The van der Waals surface area contributed by atoms with Crippen molar-refractivity contribution in [3.63, 3.8) is 0 Å². The van der Waals surface area contributed by atoms with Crippen molar-refractivity contribution in [2.75, 3.05) is 7.05 Å². The third-order valence-corrected chi connectivity index (χ3v) is 7.14. The van der Waals surface area contributed by atoms with Gasteiger partial charge in [0.25, 0.3) is 5.60 Å². The van der Waals surface area contributed by atoms with Crippen LogP contribution in [0.3, 0.4) is 0 Å². The molecular weight excluding hydrogens is 618 g/mol. The van der Waals surface area contributed by atoms with E-state index in [2.05, 4.69) is 5.32 Å². The first kappa shape index (κ1) is 36.2. The van der Waals surface area contributed by atoms with E-state index < -0.39 is 35.1 Å². The van der Waals surface area contributed by atoms with Crippen molar-refractivity contribution < 1.29 is 50.5 Å². The highest BCUT2D eigenvalue weighted by Crippen LogP contribution is 2.50. The number of halogens is 6. The SMILES string of the molecule is CCCc1cc(C(O)(C(F)(F)F)C(F)(F)F)ccc1Oc1cccc(CN(C)C(=O)NC(C)(C=O)c2ccc(OC(C)C)cc2)c1. The number of amides is 2. The molecule has 0 spiro atoms. The van der Waals surface area contributed by atoms with Crippen LogP contribution in [0.5, 0.6) is 17.2 Å². The summed E-state index contributed by atoms with van der Waals surface area (Å²) in [4.78, 5) is 26.5. The molecule has 0 aliphatic heterocycles. The molecule has 0 heterocycles. The van der Waals surface area contributed by atoms with Crippen LogP contribution >= 0.6 is 0 Å². The Labute approximate surface area is 263 Å². The summed E-state index contributed by atoms with van der Waals surface area (Å²) in [6.45, 7) is 7.06. The van der Waals surface area contributed by atoms with E-state index in [1.807, 2.05) is 13.8 Å². The van der Waals surface area contributed by atoms with Crippen molar-refractivity contribution in [1.29, 1.82) is 0 Å². The fraction of sp³-hybridized carbons (Fsp3) is 0.394. The van der Waals surface area contributed by atoms with Gasteiger partial charge in [0.2, 0.25) is 0 Å². The van der Waals surface area contributed by atoms with Crippen molar-refractivity contribution in [1.82, 2.24) is 10.2 Å². The van der Waals surface area contributed by atoms with E-state index in [-0.39, 0.29) is 36.1 Å². The van der Waals surface area contributed by atoms with Gasteiger partial charge in [0.15, 0.2) is 0 Å². The first-order chi connectivity index (χ1) is 21.3. The number of alkyl halides is 6. The molecule has 1 atom stereocenters. The molecule has 46 heavy (non-hydrogen) atoms. The molecule has 0 bridgehead atoms. The second kappa shape index (κ2) is 14.0. The lowest BCUT2D eigenvalue weighted by Gasteiger charge is -2.33. The van der Waals surface area contributed by atoms with Crippen LogP contribution in [-0.2, 0) is 28.9 Å².